The van der Waals surface area contributed by atoms with Gasteiger partial charge in [0.15, 0.2) is 11.6 Å². The van der Waals surface area contributed by atoms with E-state index in [2.05, 4.69) is 18.7 Å². The van der Waals surface area contributed by atoms with Crippen LogP contribution in [0.5, 0.6) is 5.75 Å². The third-order valence-corrected chi connectivity index (χ3v) is 5.59. The molecule has 0 aliphatic carbocycles. The lowest BCUT2D eigenvalue weighted by Crippen LogP contribution is -2.05. The van der Waals surface area contributed by atoms with Crippen LogP contribution in [0.15, 0.2) is 73.3 Å². The van der Waals surface area contributed by atoms with Crippen LogP contribution in [0.2, 0.25) is 0 Å². The van der Waals surface area contributed by atoms with Crippen molar-refractivity contribution in [3.8, 4) is 28.0 Å². The number of esters is 1. The zero-order valence-corrected chi connectivity index (χ0v) is 19.6. The summed E-state index contributed by atoms with van der Waals surface area (Å²) >= 11 is 0. The minimum Gasteiger partial charge on any atom is -0.490 e. The normalized spacial score (nSPS) is 10.7. The number of halogens is 2. The molecule has 3 aromatic rings. The van der Waals surface area contributed by atoms with E-state index in [0.717, 1.165) is 36.5 Å². The summed E-state index contributed by atoms with van der Waals surface area (Å²) in [6.45, 7) is 3.90. The lowest BCUT2D eigenvalue weighted by Gasteiger charge is -2.12. The second-order valence-corrected chi connectivity index (χ2v) is 8.12. The van der Waals surface area contributed by atoms with Crippen LogP contribution < -0.4 is 4.74 Å². The Hall–Kier alpha value is -3.51. The van der Waals surface area contributed by atoms with Gasteiger partial charge in [-0.3, -0.25) is 0 Å². The molecule has 35 heavy (non-hydrogen) atoms. The smallest absolute Gasteiger partial charge is 0.330 e. The van der Waals surface area contributed by atoms with Crippen LogP contribution in [0, 0.1) is 11.6 Å². The van der Waals surface area contributed by atoms with Crippen molar-refractivity contribution < 1.29 is 28.2 Å². The number of hydrogen-bond acceptors (Lipinski definition) is 4. The second kappa shape index (κ2) is 13.4. The van der Waals surface area contributed by atoms with Gasteiger partial charge in [-0.05, 0) is 72.6 Å². The Morgan fingerprint density at radius 2 is 1.60 bits per heavy atom. The summed E-state index contributed by atoms with van der Waals surface area (Å²) in [6, 6.07) is 18.4. The molecule has 0 unspecified atom stereocenters. The quantitative estimate of drug-likeness (QED) is 0.172. The van der Waals surface area contributed by atoms with E-state index in [9.17, 15) is 13.6 Å². The summed E-state index contributed by atoms with van der Waals surface area (Å²) in [5, 5.41) is 8.92. The molecule has 6 heteroatoms. The number of rotatable bonds is 13. The number of carbonyl (C=O) groups excluding carboxylic acids is 1. The van der Waals surface area contributed by atoms with Gasteiger partial charge >= 0.3 is 5.97 Å². The average Bonchev–Trinajstić information content (AvgIpc) is 2.89. The predicted molar refractivity (Wildman–Crippen MR) is 133 cm³/mol. The second-order valence-electron chi connectivity index (χ2n) is 8.12. The highest BCUT2D eigenvalue weighted by molar-refractivity contribution is 5.81. The Bertz CT molecular complexity index is 1130. The summed E-state index contributed by atoms with van der Waals surface area (Å²) in [5.74, 6) is -2.63. The number of hydrogen-bond donors (Lipinski definition) is 1. The fourth-order valence-corrected chi connectivity index (χ4v) is 3.66. The van der Waals surface area contributed by atoms with Gasteiger partial charge in [0.2, 0.25) is 5.82 Å². The van der Waals surface area contributed by atoms with E-state index in [1.807, 2.05) is 30.3 Å². The molecular formula is C29H30F2O4. The van der Waals surface area contributed by atoms with E-state index in [1.165, 1.54) is 17.7 Å². The minimum atomic E-state index is -1.03. The summed E-state index contributed by atoms with van der Waals surface area (Å²) in [7, 11) is 0. The van der Waals surface area contributed by atoms with Crippen molar-refractivity contribution in [2.24, 2.45) is 0 Å². The molecule has 4 nitrogen and oxygen atoms in total. The molecule has 3 rings (SSSR count). The Kier molecular flexibility index (Phi) is 9.99. The summed E-state index contributed by atoms with van der Waals surface area (Å²) < 4.78 is 39.8. The molecule has 0 atom stereocenters. The van der Waals surface area contributed by atoms with Crippen LogP contribution >= 0.6 is 0 Å². The Morgan fingerprint density at radius 3 is 2.34 bits per heavy atom. The summed E-state index contributed by atoms with van der Waals surface area (Å²) in [6.07, 6.45) is 4.77. The van der Waals surface area contributed by atoms with E-state index in [1.54, 1.807) is 6.07 Å². The average molecular weight is 481 g/mol. The molecule has 0 saturated carbocycles. The predicted octanol–water partition coefficient (Wildman–Crippen LogP) is 6.50. The van der Waals surface area contributed by atoms with Crippen molar-refractivity contribution in [1.82, 2.24) is 0 Å². The molecular weight excluding hydrogens is 450 g/mol. The summed E-state index contributed by atoms with van der Waals surface area (Å²) in [4.78, 5) is 11.0. The van der Waals surface area contributed by atoms with Gasteiger partial charge in [-0.15, -0.1) is 0 Å². The van der Waals surface area contributed by atoms with Gasteiger partial charge in [0.25, 0.3) is 0 Å². The molecule has 0 spiro atoms. The van der Waals surface area contributed by atoms with Gasteiger partial charge in [0, 0.05) is 18.2 Å². The Morgan fingerprint density at radius 1 is 0.857 bits per heavy atom. The van der Waals surface area contributed by atoms with Crippen molar-refractivity contribution in [3.05, 3.63) is 90.5 Å². The van der Waals surface area contributed by atoms with Crippen LogP contribution in [0.4, 0.5) is 8.78 Å². The number of unbranched alkanes of at least 4 members (excludes halogenated alkanes) is 2. The number of aliphatic hydroxyl groups is 1. The van der Waals surface area contributed by atoms with E-state index < -0.39 is 17.6 Å². The fraction of sp³-hybridized carbons (Fsp3) is 0.276. The first-order valence-corrected chi connectivity index (χ1v) is 11.7. The third-order valence-electron chi connectivity index (χ3n) is 5.59. The van der Waals surface area contributed by atoms with Crippen molar-refractivity contribution in [3.63, 3.8) is 0 Å². The number of benzene rings is 3. The maximum atomic E-state index is 14.9. The maximum Gasteiger partial charge on any atom is 0.330 e. The molecule has 0 saturated heterocycles. The molecule has 0 aliphatic rings. The molecule has 0 bridgehead atoms. The molecule has 3 aromatic carbocycles. The SMILES string of the molecule is C=CC(=O)OCCCCOc1ccc(-c2cccc(-c3ccc(CCCCO)cc3)c2)c(F)c1F. The van der Waals surface area contributed by atoms with Crippen molar-refractivity contribution >= 4 is 5.97 Å². The maximum absolute atomic E-state index is 14.9. The number of ether oxygens (including phenoxy) is 2. The topological polar surface area (TPSA) is 55.8 Å². The van der Waals surface area contributed by atoms with Crippen LogP contribution in [0.25, 0.3) is 22.3 Å². The first-order valence-electron chi connectivity index (χ1n) is 11.7. The molecule has 0 aliphatic heterocycles. The molecule has 1 N–H and O–H groups in total. The first kappa shape index (κ1) is 26.1. The molecule has 0 aromatic heterocycles. The zero-order chi connectivity index (χ0) is 25.0. The monoisotopic (exact) mass is 480 g/mol. The van der Waals surface area contributed by atoms with Gasteiger partial charge in [-0.25, -0.2) is 9.18 Å². The lowest BCUT2D eigenvalue weighted by atomic mass is 9.97. The van der Waals surface area contributed by atoms with Gasteiger partial charge in [-0.2, -0.15) is 4.39 Å². The highest BCUT2D eigenvalue weighted by atomic mass is 19.2. The number of carbonyl (C=O) groups is 1. The molecule has 0 fully saturated rings. The van der Waals surface area contributed by atoms with Crippen LogP contribution in [-0.2, 0) is 16.0 Å². The standard InChI is InChI=1S/C29H30F2O4/c1-2-27(33)35-19-6-5-18-34-26-16-15-25(28(30)29(26)31)24-10-7-9-23(20-24)22-13-11-21(12-14-22)8-3-4-17-32/h2,7,9-16,20,32H,1,3-6,8,17-19H2. The van der Waals surface area contributed by atoms with Crippen molar-refractivity contribution in [1.29, 1.82) is 0 Å². The van der Waals surface area contributed by atoms with Crippen molar-refractivity contribution in [2.75, 3.05) is 19.8 Å². The minimum absolute atomic E-state index is 0.151. The van der Waals surface area contributed by atoms with Crippen molar-refractivity contribution in [2.45, 2.75) is 32.1 Å². The van der Waals surface area contributed by atoms with Crippen LogP contribution in [-0.4, -0.2) is 30.9 Å². The van der Waals surface area contributed by atoms with Gasteiger partial charge in [0.1, 0.15) is 0 Å². The lowest BCUT2D eigenvalue weighted by molar-refractivity contribution is -0.137. The molecule has 0 heterocycles. The first-order chi connectivity index (χ1) is 17.0. The van der Waals surface area contributed by atoms with Gasteiger partial charge in [0.05, 0.1) is 13.2 Å². The van der Waals surface area contributed by atoms with E-state index in [0.29, 0.717) is 18.4 Å². The molecule has 0 amide bonds. The van der Waals surface area contributed by atoms with Crippen LogP contribution in [0.1, 0.15) is 31.2 Å². The largest absolute Gasteiger partial charge is 0.490 e. The van der Waals surface area contributed by atoms with E-state index in [4.69, 9.17) is 14.6 Å². The number of aliphatic hydroxyl groups excluding tert-OH is 1. The van der Waals surface area contributed by atoms with E-state index in [-0.39, 0.29) is 31.1 Å². The Balaban J connectivity index is 1.65. The fourth-order valence-electron chi connectivity index (χ4n) is 3.66. The molecule has 0 radical (unpaired) electrons. The zero-order valence-electron chi connectivity index (χ0n) is 19.6. The molecule has 184 valence electrons. The Labute approximate surface area is 204 Å². The third kappa shape index (κ3) is 7.49. The highest BCUT2D eigenvalue weighted by Gasteiger charge is 2.16. The van der Waals surface area contributed by atoms with E-state index >= 15 is 0 Å². The number of aryl methyl sites for hydroxylation is 1. The van der Waals surface area contributed by atoms with Gasteiger partial charge < -0.3 is 14.6 Å². The summed E-state index contributed by atoms with van der Waals surface area (Å²) in [5.41, 5.74) is 3.81. The van der Waals surface area contributed by atoms with Gasteiger partial charge in [-0.1, -0.05) is 49.0 Å². The van der Waals surface area contributed by atoms with Crippen LogP contribution in [0.3, 0.4) is 0 Å². The highest BCUT2D eigenvalue weighted by Crippen LogP contribution is 2.32.